The fourth-order valence-corrected chi connectivity index (χ4v) is 7.43. The van der Waals surface area contributed by atoms with Crippen molar-refractivity contribution in [2.24, 2.45) is 9.98 Å². The molecule has 0 bridgehead atoms. The molecular formula is C47H36N2O2. The summed E-state index contributed by atoms with van der Waals surface area (Å²) in [6.45, 7) is 12.1. The summed E-state index contributed by atoms with van der Waals surface area (Å²) in [6, 6.07) is 50.4. The van der Waals surface area contributed by atoms with Crippen molar-refractivity contribution in [2.45, 2.75) is 19.3 Å². The van der Waals surface area contributed by atoms with Crippen LogP contribution in [0.25, 0.3) is 16.7 Å². The number of fused-ring (bicyclic) bond motifs is 5. The summed E-state index contributed by atoms with van der Waals surface area (Å²) >= 11 is 0. The lowest BCUT2D eigenvalue weighted by Crippen LogP contribution is -2.28. The molecule has 0 unspecified atom stereocenters. The van der Waals surface area contributed by atoms with Crippen LogP contribution < -0.4 is 9.47 Å². The molecule has 8 rings (SSSR count). The van der Waals surface area contributed by atoms with Crippen molar-refractivity contribution in [3.8, 4) is 34.1 Å². The zero-order valence-electron chi connectivity index (χ0n) is 28.6. The lowest BCUT2D eigenvalue weighted by Gasteiger charge is -2.34. The van der Waals surface area contributed by atoms with Gasteiger partial charge in [0.1, 0.15) is 0 Å². The number of nitrogens with zero attached hydrogens (tertiary/aromatic N) is 2. The summed E-state index contributed by atoms with van der Waals surface area (Å²) in [5.41, 5.74) is 10.9. The molecule has 1 aliphatic heterocycles. The summed E-state index contributed by atoms with van der Waals surface area (Å²) in [4.78, 5) is 8.96. The fourth-order valence-electron chi connectivity index (χ4n) is 7.43. The van der Waals surface area contributed by atoms with Gasteiger partial charge in [0.25, 0.3) is 0 Å². The average molecular weight is 661 g/mol. The maximum atomic E-state index is 6.77. The molecule has 0 radical (unpaired) electrons. The van der Waals surface area contributed by atoms with E-state index in [2.05, 4.69) is 121 Å². The average Bonchev–Trinajstić information content (AvgIpc) is 3.47. The highest BCUT2D eigenvalue weighted by atomic mass is 16.6. The number of rotatable bonds is 7. The SMILES string of the molecule is C=N/C(=N\C(=C)/C(C)=C(/C=C\C)c1ccc2c(c1)Oc1cc3c(cc1O2)-c1ccccc1C3(c1ccccc1)c1ccccc1)c1ccccc1. The minimum Gasteiger partial charge on any atom is -0.449 e. The lowest BCUT2D eigenvalue weighted by molar-refractivity contribution is 0.359. The van der Waals surface area contributed by atoms with Crippen molar-refractivity contribution in [3.05, 3.63) is 209 Å². The van der Waals surface area contributed by atoms with Crippen LogP contribution in [0.5, 0.6) is 23.0 Å². The molecule has 0 fully saturated rings. The van der Waals surface area contributed by atoms with E-state index in [1.165, 1.54) is 22.3 Å². The molecule has 246 valence electrons. The molecule has 51 heavy (non-hydrogen) atoms. The van der Waals surface area contributed by atoms with E-state index in [0.717, 1.165) is 33.4 Å². The Kier molecular flexibility index (Phi) is 8.13. The zero-order chi connectivity index (χ0) is 35.0. The monoisotopic (exact) mass is 660 g/mol. The Hall–Kier alpha value is -6.52. The first-order valence-electron chi connectivity index (χ1n) is 17.1. The Balaban J connectivity index is 1.23. The third kappa shape index (κ3) is 5.33. The molecular weight excluding hydrogens is 625 g/mol. The van der Waals surface area contributed by atoms with E-state index in [4.69, 9.17) is 14.5 Å². The highest BCUT2D eigenvalue weighted by Crippen LogP contribution is 2.59. The van der Waals surface area contributed by atoms with Gasteiger partial charge in [-0.2, -0.15) is 0 Å². The predicted molar refractivity (Wildman–Crippen MR) is 209 cm³/mol. The fraction of sp³-hybridized carbons (Fsp3) is 0.0638. The predicted octanol–water partition coefficient (Wildman–Crippen LogP) is 12.0. The second kappa shape index (κ2) is 13.1. The summed E-state index contributed by atoms with van der Waals surface area (Å²) in [6.07, 6.45) is 4.08. The van der Waals surface area contributed by atoms with E-state index < -0.39 is 5.41 Å². The van der Waals surface area contributed by atoms with Crippen LogP contribution in [0.1, 0.15) is 47.2 Å². The Morgan fingerprint density at radius 1 is 0.608 bits per heavy atom. The second-order valence-corrected chi connectivity index (χ2v) is 12.7. The van der Waals surface area contributed by atoms with Gasteiger partial charge in [0.15, 0.2) is 28.8 Å². The van der Waals surface area contributed by atoms with E-state index in [1.807, 2.05) is 68.5 Å². The van der Waals surface area contributed by atoms with Gasteiger partial charge in [-0.15, -0.1) is 0 Å². The highest BCUT2D eigenvalue weighted by Gasteiger charge is 2.47. The Labute approximate surface area is 299 Å². The molecule has 0 amide bonds. The van der Waals surface area contributed by atoms with Crippen LogP contribution in [0, 0.1) is 0 Å². The van der Waals surface area contributed by atoms with Gasteiger partial charge in [0.2, 0.25) is 0 Å². The first-order valence-corrected chi connectivity index (χ1v) is 17.1. The van der Waals surface area contributed by atoms with Crippen molar-refractivity contribution in [1.29, 1.82) is 0 Å². The quantitative estimate of drug-likeness (QED) is 0.0970. The van der Waals surface area contributed by atoms with E-state index in [0.29, 0.717) is 34.5 Å². The van der Waals surface area contributed by atoms with Gasteiger partial charge in [-0.05, 0) is 94.9 Å². The molecule has 0 spiro atoms. The van der Waals surface area contributed by atoms with Gasteiger partial charge in [-0.1, -0.05) is 140 Å². The molecule has 0 atom stereocenters. The molecule has 0 aromatic heterocycles. The van der Waals surface area contributed by atoms with Gasteiger partial charge >= 0.3 is 0 Å². The van der Waals surface area contributed by atoms with Crippen LogP contribution in [0.3, 0.4) is 0 Å². The molecule has 2 aliphatic rings. The van der Waals surface area contributed by atoms with Crippen LogP contribution in [0.2, 0.25) is 0 Å². The molecule has 0 N–H and O–H groups in total. The van der Waals surface area contributed by atoms with Crippen molar-refractivity contribution < 1.29 is 9.47 Å². The Morgan fingerprint density at radius 3 is 1.86 bits per heavy atom. The number of aliphatic imine (C=N–C) groups is 2. The first kappa shape index (κ1) is 31.7. The van der Waals surface area contributed by atoms with Gasteiger partial charge in [0.05, 0.1) is 11.1 Å². The van der Waals surface area contributed by atoms with Crippen molar-refractivity contribution in [1.82, 2.24) is 0 Å². The summed E-state index contributed by atoms with van der Waals surface area (Å²) in [7, 11) is 0. The smallest absolute Gasteiger partial charge is 0.170 e. The summed E-state index contributed by atoms with van der Waals surface area (Å²) in [5.74, 6) is 3.19. The molecule has 4 heteroatoms. The Bertz CT molecular complexity index is 2370. The van der Waals surface area contributed by atoms with E-state index >= 15 is 0 Å². The number of allylic oxidation sites excluding steroid dienone is 4. The van der Waals surface area contributed by atoms with Crippen LogP contribution in [-0.4, -0.2) is 12.6 Å². The third-order valence-electron chi connectivity index (χ3n) is 9.81. The first-order chi connectivity index (χ1) is 25.0. The van der Waals surface area contributed by atoms with Crippen molar-refractivity contribution in [3.63, 3.8) is 0 Å². The van der Waals surface area contributed by atoms with Gasteiger partial charge in [-0.25, -0.2) is 9.98 Å². The number of benzene rings is 6. The lowest BCUT2D eigenvalue weighted by atomic mass is 9.67. The zero-order valence-corrected chi connectivity index (χ0v) is 28.6. The Morgan fingerprint density at radius 2 is 1.20 bits per heavy atom. The molecule has 0 saturated carbocycles. The largest absolute Gasteiger partial charge is 0.449 e. The normalized spacial score (nSPS) is 14.3. The third-order valence-corrected chi connectivity index (χ3v) is 9.81. The number of amidine groups is 1. The number of hydrogen-bond donors (Lipinski definition) is 0. The molecule has 6 aromatic carbocycles. The minimum absolute atomic E-state index is 0.523. The van der Waals surface area contributed by atoms with E-state index in [9.17, 15) is 0 Å². The van der Waals surface area contributed by atoms with Crippen molar-refractivity contribution in [2.75, 3.05) is 0 Å². The topological polar surface area (TPSA) is 43.2 Å². The van der Waals surface area contributed by atoms with Crippen LogP contribution in [-0.2, 0) is 5.41 Å². The van der Waals surface area contributed by atoms with Crippen LogP contribution in [0.15, 0.2) is 186 Å². The summed E-state index contributed by atoms with van der Waals surface area (Å²) in [5, 5.41) is 0. The van der Waals surface area contributed by atoms with E-state index in [-0.39, 0.29) is 0 Å². The minimum atomic E-state index is -0.534. The highest BCUT2D eigenvalue weighted by molar-refractivity contribution is 6.02. The number of hydrogen-bond acceptors (Lipinski definition) is 3. The molecule has 1 aliphatic carbocycles. The number of ether oxygens (including phenoxy) is 2. The molecule has 6 aromatic rings. The molecule has 4 nitrogen and oxygen atoms in total. The molecule has 1 heterocycles. The standard InChI is InChI=1S/C47H36N2O2/c1-5-17-37(31(2)32(3)49-46(48-4)33-18-9-6-10-19-33)34-26-27-42-43(28-34)51-45-30-41-39(29-44(45)50-42)38-24-15-16-25-40(38)47(41,35-20-11-7-12-21-35)36-22-13-8-14-23-36/h5-30H,3-4H2,1-2H3/b17-5-,37-31-,49-46-. The van der Waals surface area contributed by atoms with Gasteiger partial charge < -0.3 is 9.47 Å². The van der Waals surface area contributed by atoms with Gasteiger partial charge in [-0.3, -0.25) is 0 Å². The second-order valence-electron chi connectivity index (χ2n) is 12.7. The summed E-state index contributed by atoms with van der Waals surface area (Å²) < 4.78 is 13.4. The molecule has 0 saturated heterocycles. The van der Waals surface area contributed by atoms with Crippen molar-refractivity contribution >= 4 is 18.1 Å². The van der Waals surface area contributed by atoms with Gasteiger partial charge in [0, 0.05) is 5.56 Å². The maximum Gasteiger partial charge on any atom is 0.170 e. The van der Waals surface area contributed by atoms with Crippen LogP contribution >= 0.6 is 0 Å². The van der Waals surface area contributed by atoms with Crippen LogP contribution in [0.4, 0.5) is 0 Å². The van der Waals surface area contributed by atoms with E-state index in [1.54, 1.807) is 0 Å². The maximum absolute atomic E-state index is 6.77.